The highest BCUT2D eigenvalue weighted by molar-refractivity contribution is 7.92. The molecule has 47 heavy (non-hydrogen) atoms. The Morgan fingerprint density at radius 3 is 2.04 bits per heavy atom. The van der Waals surface area contributed by atoms with Gasteiger partial charge < -0.3 is 15.0 Å². The van der Waals surface area contributed by atoms with Crippen molar-refractivity contribution in [2.45, 2.75) is 76.5 Å². The van der Waals surface area contributed by atoms with Crippen molar-refractivity contribution in [3.8, 4) is 11.5 Å². The first-order chi connectivity index (χ1) is 22.7. The third-order valence-electron chi connectivity index (χ3n) is 9.79. The Morgan fingerprint density at radius 1 is 0.787 bits per heavy atom. The van der Waals surface area contributed by atoms with Crippen molar-refractivity contribution in [3.63, 3.8) is 0 Å². The molecule has 250 valence electrons. The van der Waals surface area contributed by atoms with Crippen molar-refractivity contribution in [1.29, 1.82) is 0 Å². The van der Waals surface area contributed by atoms with Crippen LogP contribution in [0.1, 0.15) is 62.5 Å². The number of carbonyl (C=O) groups is 2. The minimum absolute atomic E-state index is 0.0108. The molecule has 3 aliphatic rings. The van der Waals surface area contributed by atoms with E-state index in [1.165, 1.54) is 24.8 Å². The van der Waals surface area contributed by atoms with Crippen LogP contribution in [-0.4, -0.2) is 61.5 Å². The summed E-state index contributed by atoms with van der Waals surface area (Å²) in [5.74, 6) is 2.03. The van der Waals surface area contributed by atoms with E-state index in [4.69, 9.17) is 4.74 Å². The smallest absolute Gasteiger partial charge is 0.246 e. The Morgan fingerprint density at radius 2 is 1.40 bits per heavy atom. The zero-order valence-electron chi connectivity index (χ0n) is 27.1. The summed E-state index contributed by atoms with van der Waals surface area (Å²) in [7, 11) is -3.33. The third-order valence-corrected chi connectivity index (χ3v) is 10.4. The molecule has 2 amide bonds. The van der Waals surface area contributed by atoms with Gasteiger partial charge in [-0.25, -0.2) is 8.42 Å². The van der Waals surface area contributed by atoms with Crippen LogP contribution in [0.15, 0.2) is 78.9 Å². The largest absolute Gasteiger partial charge is 0.457 e. The second-order valence-electron chi connectivity index (χ2n) is 13.5. The number of sulfonamides is 1. The first-order valence-electron chi connectivity index (χ1n) is 16.9. The second-order valence-corrected chi connectivity index (χ2v) is 15.2. The van der Waals surface area contributed by atoms with E-state index < -0.39 is 22.1 Å². The fourth-order valence-corrected chi connectivity index (χ4v) is 7.99. The van der Waals surface area contributed by atoms with Gasteiger partial charge in [0.1, 0.15) is 23.6 Å². The minimum Gasteiger partial charge on any atom is -0.457 e. The zero-order valence-corrected chi connectivity index (χ0v) is 28.0. The van der Waals surface area contributed by atoms with Gasteiger partial charge in [0.25, 0.3) is 0 Å². The number of likely N-dealkylation sites (tertiary alicyclic amines) is 1. The van der Waals surface area contributed by atoms with Gasteiger partial charge in [0.15, 0.2) is 0 Å². The predicted octanol–water partition coefficient (Wildman–Crippen LogP) is 5.93. The summed E-state index contributed by atoms with van der Waals surface area (Å²) >= 11 is 0. The molecule has 1 saturated carbocycles. The number of amides is 2. The highest BCUT2D eigenvalue weighted by Crippen LogP contribution is 2.33. The summed E-state index contributed by atoms with van der Waals surface area (Å²) in [6.45, 7) is 2.99. The number of rotatable bonds is 11. The van der Waals surface area contributed by atoms with Gasteiger partial charge in [0.2, 0.25) is 21.8 Å². The number of hydrogen-bond acceptors (Lipinski definition) is 6. The van der Waals surface area contributed by atoms with Crippen LogP contribution in [0.2, 0.25) is 0 Å². The molecular weight excluding hydrogens is 612 g/mol. The first kappa shape index (κ1) is 33.0. The van der Waals surface area contributed by atoms with E-state index in [1.807, 2.05) is 47.4 Å². The third kappa shape index (κ3) is 8.93. The van der Waals surface area contributed by atoms with Gasteiger partial charge in [0, 0.05) is 18.8 Å². The number of piperazine rings is 1. The molecule has 2 atom stereocenters. The number of nitrogens with one attached hydrogen (secondary N) is 2. The molecule has 6 rings (SSSR count). The van der Waals surface area contributed by atoms with Gasteiger partial charge in [-0.05, 0) is 91.7 Å². The highest BCUT2D eigenvalue weighted by Gasteiger charge is 2.45. The number of anilines is 1. The first-order valence-corrected chi connectivity index (χ1v) is 18.8. The molecule has 3 aromatic carbocycles. The SMILES string of the molecule is CS(=O)(=O)Nc1ccc(Oc2ccc(CN3CCC(C4C(=O)N[C@@H](CC5CCCCC5)C(=O)N4Cc4ccccc4)CC3)cc2)cc1. The van der Waals surface area contributed by atoms with Crippen LogP contribution < -0.4 is 14.8 Å². The molecule has 1 unspecified atom stereocenters. The number of benzene rings is 3. The Kier molecular flexibility index (Phi) is 10.5. The maximum Gasteiger partial charge on any atom is 0.246 e. The molecule has 3 aromatic rings. The Balaban J connectivity index is 1.05. The molecule has 3 fully saturated rings. The topological polar surface area (TPSA) is 108 Å². The van der Waals surface area contributed by atoms with Crippen LogP contribution in [0.5, 0.6) is 11.5 Å². The predicted molar refractivity (Wildman–Crippen MR) is 183 cm³/mol. The summed E-state index contributed by atoms with van der Waals surface area (Å²) < 4.78 is 31.3. The average molecular weight is 659 g/mol. The van der Waals surface area contributed by atoms with E-state index in [0.29, 0.717) is 29.6 Å². The average Bonchev–Trinajstić information content (AvgIpc) is 3.06. The molecule has 10 heteroatoms. The van der Waals surface area contributed by atoms with Crippen LogP contribution >= 0.6 is 0 Å². The van der Waals surface area contributed by atoms with Crippen LogP contribution in [-0.2, 0) is 32.7 Å². The second kappa shape index (κ2) is 14.9. The van der Waals surface area contributed by atoms with Crippen LogP contribution in [0.3, 0.4) is 0 Å². The van der Waals surface area contributed by atoms with Gasteiger partial charge in [-0.2, -0.15) is 0 Å². The Hall–Kier alpha value is -3.89. The van der Waals surface area contributed by atoms with E-state index in [9.17, 15) is 18.0 Å². The zero-order chi connectivity index (χ0) is 32.8. The number of piperidine rings is 1. The summed E-state index contributed by atoms with van der Waals surface area (Å²) in [6, 6.07) is 24.0. The van der Waals surface area contributed by atoms with Crippen molar-refractivity contribution >= 4 is 27.5 Å². The lowest BCUT2D eigenvalue weighted by Gasteiger charge is -2.45. The van der Waals surface area contributed by atoms with Crippen LogP contribution in [0.4, 0.5) is 5.69 Å². The van der Waals surface area contributed by atoms with Crippen molar-refractivity contribution in [2.75, 3.05) is 24.1 Å². The van der Waals surface area contributed by atoms with E-state index in [0.717, 1.165) is 63.6 Å². The maximum atomic E-state index is 14.0. The number of hydrogen-bond donors (Lipinski definition) is 2. The molecule has 0 radical (unpaired) electrons. The van der Waals surface area contributed by atoms with Crippen molar-refractivity contribution in [3.05, 3.63) is 90.0 Å². The summed E-state index contributed by atoms with van der Waals surface area (Å²) in [5.41, 5.74) is 2.71. The number of nitrogens with zero attached hydrogens (tertiary/aromatic N) is 2. The number of ether oxygens (including phenoxy) is 1. The number of carbonyl (C=O) groups excluding carboxylic acids is 2. The van der Waals surface area contributed by atoms with Crippen LogP contribution in [0, 0.1) is 11.8 Å². The summed E-state index contributed by atoms with van der Waals surface area (Å²) in [5, 5.41) is 3.18. The monoisotopic (exact) mass is 658 g/mol. The van der Waals surface area contributed by atoms with E-state index in [-0.39, 0.29) is 17.7 Å². The van der Waals surface area contributed by atoms with Gasteiger partial charge in [0.05, 0.1) is 6.26 Å². The van der Waals surface area contributed by atoms with E-state index in [1.54, 1.807) is 24.3 Å². The molecule has 0 aromatic heterocycles. The van der Waals surface area contributed by atoms with Gasteiger partial charge in [-0.15, -0.1) is 0 Å². The fourth-order valence-electron chi connectivity index (χ4n) is 7.43. The van der Waals surface area contributed by atoms with E-state index >= 15 is 0 Å². The Labute approximate surface area is 278 Å². The molecule has 0 bridgehead atoms. The Bertz CT molecular complexity index is 1600. The van der Waals surface area contributed by atoms with Gasteiger partial charge in [-0.1, -0.05) is 74.6 Å². The minimum atomic E-state index is -3.33. The summed E-state index contributed by atoms with van der Waals surface area (Å²) in [4.78, 5) is 32.0. The molecule has 2 saturated heterocycles. The molecular formula is C37H46N4O5S. The molecule has 1 aliphatic carbocycles. The highest BCUT2D eigenvalue weighted by atomic mass is 32.2. The maximum absolute atomic E-state index is 14.0. The van der Waals surface area contributed by atoms with Crippen molar-refractivity contribution in [2.24, 2.45) is 11.8 Å². The molecule has 2 N–H and O–H groups in total. The lowest BCUT2D eigenvalue weighted by atomic mass is 9.82. The fraction of sp³-hybridized carbons (Fsp3) is 0.459. The molecule has 2 aliphatic heterocycles. The molecule has 2 heterocycles. The normalized spacial score (nSPS) is 21.8. The van der Waals surface area contributed by atoms with Gasteiger partial charge >= 0.3 is 0 Å². The lowest BCUT2D eigenvalue weighted by molar-refractivity contribution is -0.154. The lowest BCUT2D eigenvalue weighted by Crippen LogP contribution is -2.65. The van der Waals surface area contributed by atoms with E-state index in [2.05, 4.69) is 27.1 Å². The standard InChI is InChI=1S/C37H46N4O5S/c1-47(44,45)39-31-14-18-33(19-15-31)46-32-16-12-29(13-17-32)25-40-22-20-30(21-23-40)35-36(42)38-34(24-27-8-4-2-5-9-27)37(43)41(35)26-28-10-6-3-7-11-28/h3,6-7,10-19,27,30,34-35,39H,2,4-5,8-9,20-26H2,1H3,(H,38,42)/t34-,35?/m0/s1. The summed E-state index contributed by atoms with van der Waals surface area (Å²) in [6.07, 6.45) is 9.58. The molecule has 9 nitrogen and oxygen atoms in total. The van der Waals surface area contributed by atoms with Gasteiger partial charge in [-0.3, -0.25) is 19.2 Å². The molecule has 0 spiro atoms. The van der Waals surface area contributed by atoms with Crippen molar-refractivity contribution < 1.29 is 22.7 Å². The van der Waals surface area contributed by atoms with Crippen LogP contribution in [0.25, 0.3) is 0 Å². The quantitative estimate of drug-likeness (QED) is 0.265. The van der Waals surface area contributed by atoms with Crippen molar-refractivity contribution in [1.82, 2.24) is 15.1 Å².